The molecule has 0 rings (SSSR count). The van der Waals surface area contributed by atoms with Gasteiger partial charge in [0.2, 0.25) is 0 Å². The predicted octanol–water partition coefficient (Wildman–Crippen LogP) is 0.283. The Balaban J connectivity index is -0.000000218. The van der Waals surface area contributed by atoms with Crippen LogP contribution in [0, 0.1) is 0 Å². The van der Waals surface area contributed by atoms with Gasteiger partial charge < -0.3 is 9.11 Å². The average molecular weight is 412 g/mol. The minimum absolute atomic E-state index is 0. The fourth-order valence-electron chi connectivity index (χ4n) is 0.642. The van der Waals surface area contributed by atoms with Gasteiger partial charge in [0, 0.05) is 11.5 Å². The third-order valence-electron chi connectivity index (χ3n) is 1.50. The Bertz CT molecular complexity index is 312. The molecule has 0 radical (unpaired) electrons. The number of hydrogen-bond acceptors (Lipinski definition) is 6. The Morgan fingerprint density at radius 3 is 1.06 bits per heavy atom. The standard InChI is InChI=1S/2C4H10O3S.Ba/c2*1-2-3-4-8(5,6)7;/h2*2-4H2,1H3,(H,5,6,7);/q;;+2/p-2. The van der Waals surface area contributed by atoms with Crippen LogP contribution < -0.4 is 0 Å². The van der Waals surface area contributed by atoms with Crippen LogP contribution in [0.2, 0.25) is 0 Å². The molecule has 0 aromatic carbocycles. The summed E-state index contributed by atoms with van der Waals surface area (Å²) in [5, 5.41) is 0. The molecule has 0 saturated heterocycles. The van der Waals surface area contributed by atoms with E-state index in [4.69, 9.17) is 0 Å². The van der Waals surface area contributed by atoms with Crippen LogP contribution >= 0.6 is 0 Å². The van der Waals surface area contributed by atoms with Gasteiger partial charge in [0.05, 0.1) is 20.2 Å². The van der Waals surface area contributed by atoms with Crippen molar-refractivity contribution < 1.29 is 25.9 Å². The Hall–Kier alpha value is 1.39. The van der Waals surface area contributed by atoms with Crippen molar-refractivity contribution in [1.29, 1.82) is 0 Å². The molecule has 100 valence electrons. The summed E-state index contributed by atoms with van der Waals surface area (Å²) in [7, 11) is -7.87. The van der Waals surface area contributed by atoms with E-state index in [9.17, 15) is 25.9 Å². The van der Waals surface area contributed by atoms with E-state index in [0.29, 0.717) is 12.8 Å². The molecule has 17 heavy (non-hydrogen) atoms. The zero-order valence-corrected chi connectivity index (χ0v) is 16.3. The van der Waals surface area contributed by atoms with Crippen molar-refractivity contribution in [3.8, 4) is 0 Å². The largest absolute Gasteiger partial charge is 2.00 e. The summed E-state index contributed by atoms with van der Waals surface area (Å²) >= 11 is 0. The second-order valence-corrected chi connectivity index (χ2v) is 6.28. The molecule has 0 aliphatic heterocycles. The van der Waals surface area contributed by atoms with Gasteiger partial charge in [-0.05, 0) is 12.8 Å². The summed E-state index contributed by atoms with van der Waals surface area (Å²) in [4.78, 5) is 0. The summed E-state index contributed by atoms with van der Waals surface area (Å²) in [5.41, 5.74) is 0. The first-order chi connectivity index (χ1) is 7.12. The second kappa shape index (κ2) is 12.4. The number of hydrogen-bond donors (Lipinski definition) is 0. The van der Waals surface area contributed by atoms with Crippen LogP contribution in [0.4, 0.5) is 0 Å². The molecule has 0 heterocycles. The van der Waals surface area contributed by atoms with Crippen LogP contribution in [0.3, 0.4) is 0 Å². The van der Waals surface area contributed by atoms with E-state index in [1.807, 2.05) is 13.8 Å². The minimum atomic E-state index is -3.94. The molecule has 0 spiro atoms. The van der Waals surface area contributed by atoms with Gasteiger partial charge in [0.25, 0.3) is 0 Å². The average Bonchev–Trinajstić information content (AvgIpc) is 2.10. The van der Waals surface area contributed by atoms with Crippen LogP contribution in [0.5, 0.6) is 0 Å². The summed E-state index contributed by atoms with van der Waals surface area (Å²) in [6.07, 6.45) is 2.46. The first-order valence-corrected chi connectivity index (χ1v) is 8.15. The molecule has 9 heteroatoms. The van der Waals surface area contributed by atoms with Gasteiger partial charge in [-0.1, -0.05) is 26.7 Å². The molecule has 0 saturated carbocycles. The van der Waals surface area contributed by atoms with E-state index in [-0.39, 0.29) is 60.4 Å². The normalized spacial score (nSPS) is 11.1. The van der Waals surface area contributed by atoms with Crippen LogP contribution in [0.25, 0.3) is 0 Å². The van der Waals surface area contributed by atoms with Crippen molar-refractivity contribution in [2.75, 3.05) is 11.5 Å². The second-order valence-electron chi connectivity index (χ2n) is 3.23. The quantitative estimate of drug-likeness (QED) is 0.458. The van der Waals surface area contributed by atoms with Gasteiger partial charge in [-0.15, -0.1) is 0 Å². The first kappa shape index (κ1) is 23.5. The molecular weight excluding hydrogens is 394 g/mol. The van der Waals surface area contributed by atoms with Gasteiger partial charge in [-0.25, -0.2) is 16.8 Å². The zero-order valence-electron chi connectivity index (χ0n) is 10.2. The van der Waals surface area contributed by atoms with E-state index in [0.717, 1.165) is 12.8 Å². The van der Waals surface area contributed by atoms with E-state index < -0.39 is 20.2 Å². The zero-order chi connectivity index (χ0) is 13.2. The smallest absolute Gasteiger partial charge is 0.748 e. The molecule has 0 aliphatic rings. The molecule has 0 fully saturated rings. The Morgan fingerprint density at radius 1 is 0.765 bits per heavy atom. The third kappa shape index (κ3) is 31.7. The molecule has 0 aromatic heterocycles. The van der Waals surface area contributed by atoms with E-state index in [2.05, 4.69) is 0 Å². The fraction of sp³-hybridized carbons (Fsp3) is 1.00. The maximum Gasteiger partial charge on any atom is 2.00 e. The molecular formula is C8H18BaO6S2. The Morgan fingerprint density at radius 2 is 1.00 bits per heavy atom. The van der Waals surface area contributed by atoms with Crippen molar-refractivity contribution in [1.82, 2.24) is 0 Å². The first-order valence-electron chi connectivity index (χ1n) is 4.99. The monoisotopic (exact) mass is 412 g/mol. The van der Waals surface area contributed by atoms with E-state index in [1.165, 1.54) is 0 Å². The van der Waals surface area contributed by atoms with Crippen LogP contribution in [0.1, 0.15) is 39.5 Å². The van der Waals surface area contributed by atoms with Crippen molar-refractivity contribution >= 4 is 69.1 Å². The maximum atomic E-state index is 9.83. The maximum absolute atomic E-state index is 9.83. The topological polar surface area (TPSA) is 114 Å². The molecule has 0 N–H and O–H groups in total. The summed E-state index contributed by atoms with van der Waals surface area (Å²) in [6.45, 7) is 3.68. The molecule has 0 bridgehead atoms. The molecule has 6 nitrogen and oxygen atoms in total. The summed E-state index contributed by atoms with van der Waals surface area (Å²) < 4.78 is 59.0. The molecule has 0 amide bonds. The predicted molar refractivity (Wildman–Crippen MR) is 64.7 cm³/mol. The van der Waals surface area contributed by atoms with Gasteiger partial charge in [-0.2, -0.15) is 0 Å². The summed E-state index contributed by atoms with van der Waals surface area (Å²) in [5.74, 6) is -0.438. The van der Waals surface area contributed by atoms with Gasteiger partial charge >= 0.3 is 48.9 Å². The van der Waals surface area contributed by atoms with Gasteiger partial charge in [0.1, 0.15) is 0 Å². The van der Waals surface area contributed by atoms with Gasteiger partial charge in [0.15, 0.2) is 0 Å². The fourth-order valence-corrected chi connectivity index (χ4v) is 1.93. The SMILES string of the molecule is CCCCS(=O)(=O)[O-].CCCCS(=O)(=O)[O-].[Ba+2]. The molecule has 0 aromatic rings. The van der Waals surface area contributed by atoms with E-state index in [1.54, 1.807) is 0 Å². The molecule has 0 aliphatic carbocycles. The van der Waals surface area contributed by atoms with Crippen LogP contribution in [0.15, 0.2) is 0 Å². The van der Waals surface area contributed by atoms with Crippen LogP contribution in [-0.4, -0.2) is 86.3 Å². The van der Waals surface area contributed by atoms with Gasteiger partial charge in [-0.3, -0.25) is 0 Å². The Labute approximate surface area is 144 Å². The third-order valence-corrected chi connectivity index (χ3v) is 3.07. The minimum Gasteiger partial charge on any atom is -0.748 e. The van der Waals surface area contributed by atoms with Crippen molar-refractivity contribution in [3.05, 3.63) is 0 Å². The van der Waals surface area contributed by atoms with Crippen molar-refractivity contribution in [2.24, 2.45) is 0 Å². The number of unbranched alkanes of at least 4 members (excludes halogenated alkanes) is 2. The van der Waals surface area contributed by atoms with Crippen molar-refractivity contribution in [2.45, 2.75) is 39.5 Å². The molecule has 0 atom stereocenters. The van der Waals surface area contributed by atoms with Crippen molar-refractivity contribution in [3.63, 3.8) is 0 Å². The van der Waals surface area contributed by atoms with Crippen LogP contribution in [-0.2, 0) is 20.2 Å². The summed E-state index contributed by atoms with van der Waals surface area (Å²) in [6, 6.07) is 0. The molecule has 0 unspecified atom stereocenters. The number of rotatable bonds is 6. The Kier molecular flexibility index (Phi) is 17.2. The van der Waals surface area contributed by atoms with E-state index >= 15 is 0 Å².